The average Bonchev–Trinajstić information content (AvgIpc) is 2.47. The number of anilines is 1. The summed E-state index contributed by atoms with van der Waals surface area (Å²) in [5, 5.41) is 3.35. The molecule has 0 amide bonds. The van der Waals surface area contributed by atoms with Crippen LogP contribution in [0.15, 0.2) is 24.3 Å². The molecule has 106 valence electrons. The first-order valence-electron chi connectivity index (χ1n) is 6.71. The van der Waals surface area contributed by atoms with Crippen LogP contribution in [0.5, 0.6) is 0 Å². The van der Waals surface area contributed by atoms with Crippen molar-refractivity contribution < 1.29 is 4.39 Å². The maximum atomic E-state index is 13.2. The molecule has 1 N–H and O–H groups in total. The first kappa shape index (κ1) is 14.7. The molecule has 0 saturated carbocycles. The van der Waals surface area contributed by atoms with E-state index in [9.17, 15) is 4.39 Å². The van der Waals surface area contributed by atoms with Crippen molar-refractivity contribution in [2.24, 2.45) is 0 Å². The highest BCUT2D eigenvalue weighted by Gasteiger charge is 2.08. The van der Waals surface area contributed by atoms with Gasteiger partial charge in [-0.2, -0.15) is 0 Å². The Morgan fingerprint density at radius 1 is 1.20 bits per heavy atom. The fourth-order valence-electron chi connectivity index (χ4n) is 1.80. The number of hydrogen-bond acceptors (Lipinski definition) is 3. The highest BCUT2D eigenvalue weighted by Crippen LogP contribution is 2.25. The van der Waals surface area contributed by atoms with Gasteiger partial charge in [0.25, 0.3) is 0 Å². The van der Waals surface area contributed by atoms with Crippen molar-refractivity contribution in [1.29, 1.82) is 0 Å². The molecule has 0 unspecified atom stereocenters. The van der Waals surface area contributed by atoms with Crippen molar-refractivity contribution in [2.45, 2.75) is 26.7 Å². The lowest BCUT2D eigenvalue weighted by atomic mass is 10.1. The van der Waals surface area contributed by atoms with Gasteiger partial charge in [0.05, 0.1) is 10.7 Å². The van der Waals surface area contributed by atoms with E-state index in [0.29, 0.717) is 0 Å². The van der Waals surface area contributed by atoms with Crippen molar-refractivity contribution in [3.05, 3.63) is 40.9 Å². The Morgan fingerprint density at radius 2 is 2.00 bits per heavy atom. The molecule has 0 fully saturated rings. The summed E-state index contributed by atoms with van der Waals surface area (Å²) < 4.78 is 13.2. The van der Waals surface area contributed by atoms with E-state index in [1.807, 2.05) is 13.0 Å². The van der Waals surface area contributed by atoms with Crippen LogP contribution in [0.25, 0.3) is 11.3 Å². The van der Waals surface area contributed by atoms with E-state index >= 15 is 0 Å². The van der Waals surface area contributed by atoms with E-state index in [2.05, 4.69) is 22.2 Å². The second-order valence-electron chi connectivity index (χ2n) is 4.46. The Hall–Kier alpha value is -1.68. The lowest BCUT2D eigenvalue weighted by Crippen LogP contribution is -2.05. The number of nitrogens with zero attached hydrogens (tertiary/aromatic N) is 2. The van der Waals surface area contributed by atoms with Crippen molar-refractivity contribution in [3.8, 4) is 11.3 Å². The molecule has 20 heavy (non-hydrogen) atoms. The topological polar surface area (TPSA) is 37.8 Å². The largest absolute Gasteiger partial charge is 0.370 e. The summed E-state index contributed by atoms with van der Waals surface area (Å²) in [5.74, 6) is 1.11. The van der Waals surface area contributed by atoms with Crippen LogP contribution >= 0.6 is 11.6 Å². The maximum absolute atomic E-state index is 13.2. The predicted molar refractivity (Wildman–Crippen MR) is 80.6 cm³/mol. The van der Waals surface area contributed by atoms with Gasteiger partial charge < -0.3 is 5.32 Å². The highest BCUT2D eigenvalue weighted by atomic mass is 35.5. The Morgan fingerprint density at radius 3 is 2.65 bits per heavy atom. The van der Waals surface area contributed by atoms with Gasteiger partial charge in [-0.25, -0.2) is 14.4 Å². The van der Waals surface area contributed by atoms with Crippen LogP contribution in [0.1, 0.15) is 26.1 Å². The lowest BCUT2D eigenvalue weighted by Gasteiger charge is -2.09. The van der Waals surface area contributed by atoms with Crippen molar-refractivity contribution in [1.82, 2.24) is 9.97 Å². The molecule has 0 spiro atoms. The van der Waals surface area contributed by atoms with Gasteiger partial charge in [0, 0.05) is 24.6 Å². The van der Waals surface area contributed by atoms with Gasteiger partial charge in [-0.05, 0) is 24.6 Å². The molecular weight excluding hydrogens is 277 g/mol. The Balaban J connectivity index is 2.41. The van der Waals surface area contributed by atoms with E-state index in [-0.39, 0.29) is 5.02 Å². The summed E-state index contributed by atoms with van der Waals surface area (Å²) in [6.45, 7) is 4.94. The number of rotatable bonds is 5. The fourth-order valence-corrected chi connectivity index (χ4v) is 1.98. The van der Waals surface area contributed by atoms with Crippen molar-refractivity contribution in [2.75, 3.05) is 11.9 Å². The first-order valence-corrected chi connectivity index (χ1v) is 7.09. The minimum absolute atomic E-state index is 0.0993. The van der Waals surface area contributed by atoms with E-state index < -0.39 is 5.82 Å². The van der Waals surface area contributed by atoms with Gasteiger partial charge in [-0.3, -0.25) is 0 Å². The summed E-state index contributed by atoms with van der Waals surface area (Å²) in [5.41, 5.74) is 1.53. The first-order chi connectivity index (χ1) is 9.63. The minimum atomic E-state index is -0.426. The fraction of sp³-hybridized carbons (Fsp3) is 0.333. The third-order valence-electron chi connectivity index (χ3n) is 2.86. The zero-order valence-electron chi connectivity index (χ0n) is 11.6. The number of aromatic nitrogens is 2. The molecule has 0 aliphatic rings. The number of halogens is 2. The Labute approximate surface area is 123 Å². The summed E-state index contributed by atoms with van der Waals surface area (Å²) in [4.78, 5) is 8.89. The molecule has 0 radical (unpaired) electrons. The second kappa shape index (κ2) is 6.66. The predicted octanol–water partition coefficient (Wildman–Crippen LogP) is 4.32. The summed E-state index contributed by atoms with van der Waals surface area (Å²) in [6, 6.07) is 6.47. The molecule has 0 saturated heterocycles. The Kier molecular flexibility index (Phi) is 4.90. The van der Waals surface area contributed by atoms with Crippen LogP contribution in [0.4, 0.5) is 10.2 Å². The quantitative estimate of drug-likeness (QED) is 0.892. The molecule has 2 rings (SSSR count). The van der Waals surface area contributed by atoms with Crippen LogP contribution in [0, 0.1) is 5.82 Å². The summed E-state index contributed by atoms with van der Waals surface area (Å²) >= 11 is 5.83. The standard InChI is InChI=1S/C15H17ClFN3/c1-3-7-18-15-9-13(19-14(4-2)20-15)10-5-6-12(17)11(16)8-10/h5-6,8-9H,3-4,7H2,1-2H3,(H,18,19,20). The third-order valence-corrected chi connectivity index (χ3v) is 3.15. The van der Waals surface area contributed by atoms with Gasteiger partial charge in [0.1, 0.15) is 17.5 Å². The van der Waals surface area contributed by atoms with Crippen LogP contribution < -0.4 is 5.32 Å². The van der Waals surface area contributed by atoms with E-state index in [1.165, 1.54) is 6.07 Å². The van der Waals surface area contributed by atoms with Gasteiger partial charge in [0.2, 0.25) is 0 Å². The van der Waals surface area contributed by atoms with Gasteiger partial charge in [-0.15, -0.1) is 0 Å². The number of hydrogen-bond donors (Lipinski definition) is 1. The van der Waals surface area contributed by atoms with Crippen molar-refractivity contribution >= 4 is 17.4 Å². The van der Waals surface area contributed by atoms with E-state index in [0.717, 1.165) is 42.3 Å². The summed E-state index contributed by atoms with van der Waals surface area (Å²) in [6.07, 6.45) is 1.76. The SMILES string of the molecule is CCCNc1cc(-c2ccc(F)c(Cl)c2)nc(CC)n1. The van der Waals surface area contributed by atoms with Crippen molar-refractivity contribution in [3.63, 3.8) is 0 Å². The zero-order chi connectivity index (χ0) is 14.5. The number of nitrogens with one attached hydrogen (secondary N) is 1. The summed E-state index contributed by atoms with van der Waals surface area (Å²) in [7, 11) is 0. The molecule has 0 bridgehead atoms. The average molecular weight is 294 g/mol. The van der Waals surface area contributed by atoms with E-state index in [1.54, 1.807) is 12.1 Å². The van der Waals surface area contributed by atoms with Gasteiger partial charge in [-0.1, -0.05) is 25.4 Å². The smallest absolute Gasteiger partial charge is 0.141 e. The molecule has 0 aliphatic carbocycles. The molecule has 1 aromatic carbocycles. The normalized spacial score (nSPS) is 10.6. The molecule has 1 heterocycles. The molecule has 3 nitrogen and oxygen atoms in total. The van der Waals surface area contributed by atoms with E-state index in [4.69, 9.17) is 11.6 Å². The molecular formula is C15H17ClFN3. The molecule has 0 aliphatic heterocycles. The minimum Gasteiger partial charge on any atom is -0.370 e. The zero-order valence-corrected chi connectivity index (χ0v) is 12.3. The number of aryl methyl sites for hydroxylation is 1. The number of benzene rings is 1. The molecule has 2 aromatic rings. The van der Waals surface area contributed by atoms with Gasteiger partial charge in [0.15, 0.2) is 0 Å². The maximum Gasteiger partial charge on any atom is 0.141 e. The third kappa shape index (κ3) is 3.45. The molecule has 0 atom stereocenters. The monoisotopic (exact) mass is 293 g/mol. The Bertz CT molecular complexity index is 602. The van der Waals surface area contributed by atoms with Crippen LogP contribution in [0.2, 0.25) is 5.02 Å². The lowest BCUT2D eigenvalue weighted by molar-refractivity contribution is 0.628. The second-order valence-corrected chi connectivity index (χ2v) is 4.87. The molecule has 1 aromatic heterocycles. The highest BCUT2D eigenvalue weighted by molar-refractivity contribution is 6.31. The van der Waals surface area contributed by atoms with Crippen LogP contribution in [-0.4, -0.2) is 16.5 Å². The van der Waals surface area contributed by atoms with Crippen LogP contribution in [0.3, 0.4) is 0 Å². The van der Waals surface area contributed by atoms with Crippen LogP contribution in [-0.2, 0) is 6.42 Å². The molecule has 5 heteroatoms. The van der Waals surface area contributed by atoms with Gasteiger partial charge >= 0.3 is 0 Å².